The molecule has 0 rings (SSSR count). The van der Waals surface area contributed by atoms with E-state index in [2.05, 4.69) is 0 Å². The zero-order valence-corrected chi connectivity index (χ0v) is 4.06. The monoisotopic (exact) mass is 145 g/mol. The molecule has 47 valence electrons. The van der Waals surface area contributed by atoms with E-state index in [-0.39, 0.29) is 44.4 Å². The average molecular weight is 145 g/mol. The predicted molar refractivity (Wildman–Crippen MR) is 18.1 cm³/mol. The van der Waals surface area contributed by atoms with E-state index in [0.29, 0.717) is 0 Å². The van der Waals surface area contributed by atoms with Gasteiger partial charge < -0.3 is 27.4 Å². The predicted octanol–water partition coefficient (Wildman–Crippen LogP) is -4.13. The molecule has 0 bridgehead atoms. The molecule has 5 nitrogen and oxygen atoms in total. The van der Waals surface area contributed by atoms with Gasteiger partial charge in [-0.15, -0.1) is 0 Å². The van der Waals surface area contributed by atoms with Gasteiger partial charge in [0.05, 0.1) is 0 Å². The minimum absolute atomic E-state index is 0. The Bertz CT molecular complexity index is 3.90. The van der Waals surface area contributed by atoms with E-state index in [1.54, 1.807) is 0 Å². The van der Waals surface area contributed by atoms with Crippen molar-refractivity contribution in [1.29, 1.82) is 0 Å². The topological polar surface area (TPSA) is 158 Å². The molecule has 0 heterocycles. The van der Waals surface area contributed by atoms with Crippen LogP contribution in [0.5, 0.6) is 0 Å². The van der Waals surface area contributed by atoms with Crippen LogP contribution in [0.2, 0.25) is 0 Å². The van der Waals surface area contributed by atoms with Crippen molar-refractivity contribution in [3.05, 3.63) is 0 Å². The van der Waals surface area contributed by atoms with Crippen LogP contribution in [0.15, 0.2) is 0 Å². The van der Waals surface area contributed by atoms with E-state index >= 15 is 0 Å². The molecule has 0 amide bonds. The molecule has 0 aromatic heterocycles. The number of hydrogen-bond donors (Lipinski definition) is 0. The second-order valence-electron chi connectivity index (χ2n) is 0. The molecule has 0 aliphatic rings. The van der Waals surface area contributed by atoms with Crippen LogP contribution in [0, 0.1) is 0 Å². The van der Waals surface area contributed by atoms with Crippen LogP contribution in [-0.4, -0.2) is 27.4 Å². The van der Waals surface area contributed by atoms with Gasteiger partial charge in [0.1, 0.15) is 0 Å². The summed E-state index contributed by atoms with van der Waals surface area (Å²) >= 11 is 0. The van der Waals surface area contributed by atoms with Crippen molar-refractivity contribution in [1.82, 2.24) is 0 Å². The van der Waals surface area contributed by atoms with Crippen LogP contribution >= 0.6 is 0 Å². The third-order valence-electron chi connectivity index (χ3n) is 0. The van der Waals surface area contributed by atoms with Gasteiger partial charge in [-0.3, -0.25) is 0 Å². The fourth-order valence-electron chi connectivity index (χ4n) is 0. The van der Waals surface area contributed by atoms with E-state index in [9.17, 15) is 0 Å². The maximum absolute atomic E-state index is 0. The number of hydrogen-bond acceptors (Lipinski definition) is 0. The summed E-state index contributed by atoms with van der Waals surface area (Å²) in [6, 6.07) is 0. The van der Waals surface area contributed by atoms with Gasteiger partial charge in [-0.25, -0.2) is 0 Å². The normalized spacial score (nSPS) is 0. The van der Waals surface area contributed by atoms with Crippen molar-refractivity contribution in [2.75, 3.05) is 0 Å². The fourth-order valence-corrected chi connectivity index (χ4v) is 0. The van der Waals surface area contributed by atoms with Gasteiger partial charge >= 0.3 is 0 Å². The maximum Gasteiger partial charge on any atom is 0 e. The van der Waals surface area contributed by atoms with Crippen molar-refractivity contribution in [3.8, 4) is 0 Å². The maximum atomic E-state index is 0. The molecular formula is H10MnO5. The summed E-state index contributed by atoms with van der Waals surface area (Å²) in [7, 11) is 0. The van der Waals surface area contributed by atoms with Crippen molar-refractivity contribution >= 4 is 0 Å². The van der Waals surface area contributed by atoms with Crippen LogP contribution in [0.3, 0.4) is 0 Å². The van der Waals surface area contributed by atoms with Gasteiger partial charge in [-0.05, 0) is 0 Å². The molecule has 0 spiro atoms. The van der Waals surface area contributed by atoms with Crippen LogP contribution in [0.1, 0.15) is 0 Å². The molecule has 10 N–H and O–H groups in total. The van der Waals surface area contributed by atoms with Gasteiger partial charge in [0, 0.05) is 17.1 Å². The molecule has 1 radical (unpaired) electrons. The Kier molecular flexibility index (Phi) is 284000. The molecule has 0 unspecified atom stereocenters. The molecule has 0 fully saturated rings. The summed E-state index contributed by atoms with van der Waals surface area (Å²) in [5.74, 6) is 0. The van der Waals surface area contributed by atoms with E-state index in [1.165, 1.54) is 0 Å². The summed E-state index contributed by atoms with van der Waals surface area (Å²) in [4.78, 5) is 0. The minimum atomic E-state index is 0. The smallest absolute Gasteiger partial charge is 0 e. The SMILES string of the molecule is O.O.O.O.O.[Mn]. The molecule has 6 heavy (non-hydrogen) atoms. The first-order valence-corrected chi connectivity index (χ1v) is 0. The third-order valence-corrected chi connectivity index (χ3v) is 0. The van der Waals surface area contributed by atoms with E-state index in [4.69, 9.17) is 0 Å². The molecule has 0 saturated heterocycles. The fraction of sp³-hybridized carbons (Fsp3) is 0. The van der Waals surface area contributed by atoms with Crippen molar-refractivity contribution in [2.24, 2.45) is 0 Å². The minimum Gasteiger partial charge on any atom is -0.412 e. The van der Waals surface area contributed by atoms with Crippen LogP contribution < -0.4 is 0 Å². The molecule has 0 saturated carbocycles. The first kappa shape index (κ1) is 1750. The van der Waals surface area contributed by atoms with Crippen LogP contribution in [0.25, 0.3) is 0 Å². The summed E-state index contributed by atoms with van der Waals surface area (Å²) in [6.07, 6.45) is 0. The standard InChI is InChI=1S/Mn.5H2O/h;5*1H2. The van der Waals surface area contributed by atoms with E-state index in [0.717, 1.165) is 0 Å². The van der Waals surface area contributed by atoms with Gasteiger partial charge in [-0.2, -0.15) is 0 Å². The van der Waals surface area contributed by atoms with Gasteiger partial charge in [0.2, 0.25) is 0 Å². The quantitative estimate of drug-likeness (QED) is 0.303. The second kappa shape index (κ2) is 972. The van der Waals surface area contributed by atoms with E-state index < -0.39 is 0 Å². The Morgan fingerprint density at radius 1 is 0.333 bits per heavy atom. The first-order valence-electron chi connectivity index (χ1n) is 0. The first-order chi connectivity index (χ1) is 0. The summed E-state index contributed by atoms with van der Waals surface area (Å²) < 4.78 is 0. The zero-order chi connectivity index (χ0) is 0. The van der Waals surface area contributed by atoms with Crippen LogP contribution in [0.4, 0.5) is 0 Å². The molecule has 6 heteroatoms. The zero-order valence-electron chi connectivity index (χ0n) is 2.88. The average Bonchev–Trinajstić information content (AvgIpc) is 0. The summed E-state index contributed by atoms with van der Waals surface area (Å²) in [5.41, 5.74) is 0. The molecular weight excluding hydrogens is 135 g/mol. The van der Waals surface area contributed by atoms with Crippen LogP contribution in [-0.2, 0) is 17.1 Å². The van der Waals surface area contributed by atoms with Crippen molar-refractivity contribution in [3.63, 3.8) is 0 Å². The Morgan fingerprint density at radius 2 is 0.333 bits per heavy atom. The van der Waals surface area contributed by atoms with Gasteiger partial charge in [0.25, 0.3) is 0 Å². The molecule has 0 aromatic rings. The summed E-state index contributed by atoms with van der Waals surface area (Å²) in [6.45, 7) is 0. The molecule has 0 aromatic carbocycles. The number of rotatable bonds is 0. The van der Waals surface area contributed by atoms with E-state index in [1.807, 2.05) is 0 Å². The second-order valence-corrected chi connectivity index (χ2v) is 0. The summed E-state index contributed by atoms with van der Waals surface area (Å²) in [5, 5.41) is 0. The van der Waals surface area contributed by atoms with Crippen molar-refractivity contribution < 1.29 is 44.4 Å². The molecule has 0 aliphatic heterocycles. The Hall–Kier alpha value is 0.319. The Balaban J connectivity index is 0. The molecule has 0 atom stereocenters. The van der Waals surface area contributed by atoms with Gasteiger partial charge in [0.15, 0.2) is 0 Å². The Morgan fingerprint density at radius 3 is 0.333 bits per heavy atom. The van der Waals surface area contributed by atoms with Gasteiger partial charge in [-0.1, -0.05) is 0 Å². The molecule has 0 aliphatic carbocycles. The Labute approximate surface area is 45.4 Å². The van der Waals surface area contributed by atoms with Crippen molar-refractivity contribution in [2.45, 2.75) is 0 Å². The largest absolute Gasteiger partial charge is 0.412 e. The third kappa shape index (κ3) is 466.